The molecule has 228 valence electrons. The fourth-order valence-electron chi connectivity index (χ4n) is 5.81. The van der Waals surface area contributed by atoms with Crippen molar-refractivity contribution in [3.63, 3.8) is 0 Å². The molecule has 4 aromatic heterocycles. The first-order valence-electron chi connectivity index (χ1n) is 14.6. The number of hydrogen-bond donors (Lipinski definition) is 1. The van der Waals surface area contributed by atoms with E-state index in [-0.39, 0.29) is 25.4 Å². The van der Waals surface area contributed by atoms with Crippen LogP contribution in [0, 0.1) is 12.8 Å². The maximum Gasteiger partial charge on any atom is 0.407 e. The maximum atomic E-state index is 14.8. The molecule has 1 N–H and O–H groups in total. The third kappa shape index (κ3) is 6.00. The number of carbonyl (C=O) groups excluding carboxylic acids is 2. The van der Waals surface area contributed by atoms with Crippen molar-refractivity contribution in [2.24, 2.45) is 5.92 Å². The zero-order valence-electron chi connectivity index (χ0n) is 25.0. The third-order valence-corrected chi connectivity index (χ3v) is 8.10. The molecule has 1 saturated carbocycles. The number of ether oxygens (including phenoxy) is 2. The number of methoxy groups -OCH3 is 1. The number of likely N-dealkylation sites (tertiary alicyclic amines) is 1. The Bertz CT molecular complexity index is 1720. The molecule has 1 aliphatic heterocycles. The van der Waals surface area contributed by atoms with Crippen molar-refractivity contribution in [3.05, 3.63) is 46.7 Å². The summed E-state index contributed by atoms with van der Waals surface area (Å²) in [6.45, 7) is 8.14. The number of aromatic nitrogens is 4. The van der Waals surface area contributed by atoms with Crippen LogP contribution in [0.1, 0.15) is 56.0 Å². The van der Waals surface area contributed by atoms with E-state index in [1.54, 1.807) is 50.7 Å². The number of amides is 2. The summed E-state index contributed by atoms with van der Waals surface area (Å²) in [6.07, 6.45) is 2.16. The average molecular weight is 611 g/mol. The third-order valence-electron chi connectivity index (χ3n) is 7.89. The second kappa shape index (κ2) is 11.0. The zero-order valence-corrected chi connectivity index (χ0v) is 25.7. The van der Waals surface area contributed by atoms with Crippen LogP contribution in [-0.4, -0.2) is 74.1 Å². The molecule has 10 nitrogen and oxygen atoms in total. The molecule has 0 aromatic carbocycles. The predicted molar refractivity (Wildman–Crippen MR) is 162 cm³/mol. The summed E-state index contributed by atoms with van der Waals surface area (Å²) in [4.78, 5) is 32.1. The first-order valence-corrected chi connectivity index (χ1v) is 14.9. The number of pyridine rings is 2. The van der Waals surface area contributed by atoms with Gasteiger partial charge in [-0.15, -0.1) is 0 Å². The molecule has 5 heterocycles. The minimum atomic E-state index is -1.29. The molecule has 6 rings (SSSR count). The van der Waals surface area contributed by atoms with Gasteiger partial charge in [0.15, 0.2) is 0 Å². The largest absolute Gasteiger partial charge is 0.494 e. The van der Waals surface area contributed by atoms with Gasteiger partial charge in [-0.3, -0.25) is 4.79 Å². The summed E-state index contributed by atoms with van der Waals surface area (Å²) in [6, 6.07) is 6.89. The molecule has 2 atom stereocenters. The molecule has 0 bridgehead atoms. The Hall–Kier alpha value is -3.86. The molecule has 1 aliphatic carbocycles. The lowest BCUT2D eigenvalue weighted by molar-refractivity contribution is 0.0394. The lowest BCUT2D eigenvalue weighted by atomic mass is 10.0. The lowest BCUT2D eigenvalue weighted by Crippen LogP contribution is -2.54. The van der Waals surface area contributed by atoms with E-state index >= 15 is 0 Å². The van der Waals surface area contributed by atoms with Crippen molar-refractivity contribution in [3.8, 4) is 17.1 Å². The Morgan fingerprint density at radius 3 is 2.65 bits per heavy atom. The minimum absolute atomic E-state index is 0.0775. The van der Waals surface area contributed by atoms with Crippen molar-refractivity contribution in [2.75, 3.05) is 20.2 Å². The summed E-state index contributed by atoms with van der Waals surface area (Å²) in [5.41, 5.74) is 3.72. The van der Waals surface area contributed by atoms with E-state index in [4.69, 9.17) is 26.2 Å². The summed E-state index contributed by atoms with van der Waals surface area (Å²) >= 11 is 6.27. The quantitative estimate of drug-likeness (QED) is 0.277. The summed E-state index contributed by atoms with van der Waals surface area (Å²) < 4.78 is 29.7. The summed E-state index contributed by atoms with van der Waals surface area (Å²) in [5, 5.41) is 9.04. The van der Waals surface area contributed by atoms with E-state index in [1.807, 2.05) is 13.0 Å². The molecular weight excluding hydrogens is 575 g/mol. The topological polar surface area (TPSA) is 103 Å². The molecular formula is C31H36ClFN6O4. The molecule has 2 aliphatic rings. The highest BCUT2D eigenvalue weighted by Gasteiger charge is 2.33. The fraction of sp³-hybridized carbons (Fsp3) is 0.484. The zero-order chi connectivity index (χ0) is 30.6. The Morgan fingerprint density at radius 2 is 1.95 bits per heavy atom. The first-order chi connectivity index (χ1) is 20.4. The van der Waals surface area contributed by atoms with E-state index in [1.165, 1.54) is 17.7 Å². The Kier molecular flexibility index (Phi) is 7.48. The van der Waals surface area contributed by atoms with Gasteiger partial charge in [0.2, 0.25) is 0 Å². The highest BCUT2D eigenvalue weighted by atomic mass is 35.5. The number of hydrogen-bond acceptors (Lipinski definition) is 6. The van der Waals surface area contributed by atoms with Gasteiger partial charge in [-0.1, -0.05) is 11.6 Å². The molecule has 2 fully saturated rings. The number of fused-ring (bicyclic) bond motifs is 2. The van der Waals surface area contributed by atoms with Gasteiger partial charge in [0.05, 0.1) is 31.0 Å². The second-order valence-corrected chi connectivity index (χ2v) is 13.0. The van der Waals surface area contributed by atoms with E-state index in [9.17, 15) is 14.0 Å². The monoisotopic (exact) mass is 610 g/mol. The summed E-state index contributed by atoms with van der Waals surface area (Å²) in [7, 11) is 1.55. The molecule has 2 amide bonds. The van der Waals surface area contributed by atoms with Crippen molar-refractivity contribution >= 4 is 40.2 Å². The summed E-state index contributed by atoms with van der Waals surface area (Å²) in [5.74, 6) is 0.684. The van der Waals surface area contributed by atoms with Crippen LogP contribution < -0.4 is 10.1 Å². The van der Waals surface area contributed by atoms with Gasteiger partial charge >= 0.3 is 6.09 Å². The maximum absolute atomic E-state index is 14.8. The first kappa shape index (κ1) is 29.2. The van der Waals surface area contributed by atoms with Crippen molar-refractivity contribution in [2.45, 2.75) is 71.3 Å². The Labute approximate surface area is 254 Å². The van der Waals surface area contributed by atoms with Crippen molar-refractivity contribution in [1.29, 1.82) is 0 Å². The number of carbonyl (C=O) groups is 2. The van der Waals surface area contributed by atoms with E-state index in [0.717, 1.165) is 40.0 Å². The number of alkyl halides is 1. The number of nitrogens with one attached hydrogen (secondary N) is 1. The highest BCUT2D eigenvalue weighted by molar-refractivity contribution is 6.29. The minimum Gasteiger partial charge on any atom is -0.494 e. The Morgan fingerprint density at radius 1 is 1.19 bits per heavy atom. The van der Waals surface area contributed by atoms with Crippen LogP contribution in [-0.2, 0) is 11.3 Å². The van der Waals surface area contributed by atoms with Crippen LogP contribution in [0.15, 0.2) is 30.5 Å². The molecule has 0 spiro atoms. The van der Waals surface area contributed by atoms with E-state index in [2.05, 4.69) is 20.9 Å². The second-order valence-electron chi connectivity index (χ2n) is 12.6. The molecule has 0 unspecified atom stereocenters. The van der Waals surface area contributed by atoms with Crippen LogP contribution >= 0.6 is 11.6 Å². The number of nitrogens with zero attached hydrogens (tertiary/aromatic N) is 5. The number of alkyl carbamates (subject to hydrolysis) is 1. The van der Waals surface area contributed by atoms with Gasteiger partial charge in [0.1, 0.15) is 39.5 Å². The average Bonchev–Trinajstić information content (AvgIpc) is 3.60. The molecule has 4 aromatic rings. The fourth-order valence-corrected chi connectivity index (χ4v) is 5.95. The van der Waals surface area contributed by atoms with Crippen LogP contribution in [0.2, 0.25) is 5.15 Å². The van der Waals surface area contributed by atoms with Crippen LogP contribution in [0.4, 0.5) is 9.18 Å². The highest BCUT2D eigenvalue weighted by Crippen LogP contribution is 2.38. The van der Waals surface area contributed by atoms with Crippen LogP contribution in [0.5, 0.6) is 5.75 Å². The predicted octanol–water partition coefficient (Wildman–Crippen LogP) is 5.81. The SMILES string of the molecule is COc1cc(C(=O)N2C[C@H](F)C[C@@H](NC(=O)OC(C)(C)C)C2)cn2nc(-c3cc4ccc(Cl)nc4n3CC3CC3)c(C)c12. The number of piperidine rings is 1. The molecule has 43 heavy (non-hydrogen) atoms. The van der Waals surface area contributed by atoms with Gasteiger partial charge in [-0.25, -0.2) is 18.7 Å². The molecule has 12 heteroatoms. The van der Waals surface area contributed by atoms with Crippen LogP contribution in [0.3, 0.4) is 0 Å². The van der Waals surface area contributed by atoms with Crippen molar-refractivity contribution < 1.29 is 23.5 Å². The number of rotatable bonds is 6. The Balaban J connectivity index is 1.34. The lowest BCUT2D eigenvalue weighted by Gasteiger charge is -2.35. The van der Waals surface area contributed by atoms with Crippen LogP contribution in [0.25, 0.3) is 27.9 Å². The van der Waals surface area contributed by atoms with Gasteiger partial charge in [0, 0.05) is 36.7 Å². The standard InChI is InChI=1S/C31H36ClFN6O4/c1-17-26(23-10-19-8-9-25(32)35-28(19)38(23)13-18-6-7-18)36-39-14-20(11-24(42-5)27(17)39)29(40)37-15-21(33)12-22(16-37)34-30(41)43-31(2,3)4/h8-11,14,18,21-22H,6-7,12-13,15-16H2,1-5H3,(H,34,41)/t21-,22-/m1/s1. The van der Waals surface area contributed by atoms with Gasteiger partial charge in [-0.05, 0) is 70.7 Å². The number of halogens is 2. The van der Waals surface area contributed by atoms with Gasteiger partial charge in [-0.2, -0.15) is 5.10 Å². The number of aryl methyl sites for hydroxylation is 1. The normalized spacial score (nSPS) is 19.2. The smallest absolute Gasteiger partial charge is 0.407 e. The van der Waals surface area contributed by atoms with E-state index < -0.39 is 23.9 Å². The van der Waals surface area contributed by atoms with Crippen molar-refractivity contribution in [1.82, 2.24) is 29.4 Å². The van der Waals surface area contributed by atoms with E-state index in [0.29, 0.717) is 22.4 Å². The van der Waals surface area contributed by atoms with Gasteiger partial charge < -0.3 is 24.3 Å². The molecule has 1 saturated heterocycles. The van der Waals surface area contributed by atoms with Gasteiger partial charge in [0.25, 0.3) is 5.91 Å². The molecule has 0 radical (unpaired) electrons.